The average Bonchev–Trinajstić information content (AvgIpc) is 3.54. The molecule has 6 nitrogen and oxygen atoms in total. The first-order chi connectivity index (χ1) is 21.1. The smallest absolute Gasteiger partial charge is 0.409 e. The minimum atomic E-state index is -1.16. The first kappa shape index (κ1) is 32.4. The summed E-state index contributed by atoms with van der Waals surface area (Å²) in [7, 11) is 0. The molecule has 3 aliphatic carbocycles. The summed E-state index contributed by atoms with van der Waals surface area (Å²) in [5, 5.41) is 24.5. The number of ketones is 1. The summed E-state index contributed by atoms with van der Waals surface area (Å²) < 4.78 is 6.46. The standard InChI is InChI=1S/C37H47NO5S/c1-5-20-38(35(41)43-6-2)24-37(42)19-17-31-29-16-14-26(21-28(39)15-13-25(3)10-9-18-36(31,37)4)22-30(29)34(40)33-23-27-11-7-8-12-32(27)44-33/h7-8,10-12,14,16,22-23,28,31,39,42H,5-6,9,13,15,17-21,24H2,1-4H3. The van der Waals surface area contributed by atoms with E-state index in [4.69, 9.17) is 4.74 Å². The largest absolute Gasteiger partial charge is 0.450 e. The second-order valence-electron chi connectivity index (χ2n) is 13.0. The highest BCUT2D eigenvalue weighted by Gasteiger charge is 2.57. The first-order valence-electron chi connectivity index (χ1n) is 16.2. The number of rotatable bonds is 7. The normalized spacial score (nSPS) is 25.7. The third-order valence-corrected chi connectivity index (χ3v) is 11.2. The predicted octanol–water partition coefficient (Wildman–Crippen LogP) is 8.04. The lowest BCUT2D eigenvalue weighted by molar-refractivity contribution is -0.0809. The second-order valence-corrected chi connectivity index (χ2v) is 14.1. The van der Waals surface area contributed by atoms with Crippen LogP contribution in [0.2, 0.25) is 0 Å². The molecule has 4 unspecified atom stereocenters. The predicted molar refractivity (Wildman–Crippen MR) is 178 cm³/mol. The molecule has 0 saturated heterocycles. The molecule has 0 radical (unpaired) electrons. The lowest BCUT2D eigenvalue weighted by Gasteiger charge is -2.46. The fourth-order valence-electron chi connectivity index (χ4n) is 7.46. The molecule has 4 atom stereocenters. The first-order valence-corrected chi connectivity index (χ1v) is 17.0. The maximum absolute atomic E-state index is 14.4. The summed E-state index contributed by atoms with van der Waals surface area (Å²) in [5.74, 6) is -0.112. The van der Waals surface area contributed by atoms with Crippen LogP contribution in [-0.4, -0.2) is 58.4 Å². The van der Waals surface area contributed by atoms with E-state index in [1.807, 2.05) is 43.3 Å². The Morgan fingerprint density at radius 1 is 1.09 bits per heavy atom. The number of hydrogen-bond donors (Lipinski definition) is 2. The van der Waals surface area contributed by atoms with Crippen molar-refractivity contribution in [3.63, 3.8) is 0 Å². The number of aliphatic hydroxyl groups is 2. The molecule has 6 rings (SSSR count). The van der Waals surface area contributed by atoms with Gasteiger partial charge >= 0.3 is 6.09 Å². The lowest BCUT2D eigenvalue weighted by Crippen LogP contribution is -2.54. The van der Waals surface area contributed by atoms with Gasteiger partial charge in [-0.2, -0.15) is 0 Å². The van der Waals surface area contributed by atoms with Gasteiger partial charge in [-0.25, -0.2) is 4.79 Å². The Morgan fingerprint density at radius 2 is 1.89 bits per heavy atom. The van der Waals surface area contributed by atoms with Crippen LogP contribution < -0.4 is 0 Å². The topological polar surface area (TPSA) is 87.1 Å². The van der Waals surface area contributed by atoms with Gasteiger partial charge in [-0.05, 0) is 106 Å². The van der Waals surface area contributed by atoms with Crippen molar-refractivity contribution in [3.05, 3.63) is 81.7 Å². The fraction of sp³-hybridized carbons (Fsp3) is 0.514. The highest BCUT2D eigenvalue weighted by atomic mass is 32.1. The second kappa shape index (κ2) is 13.6. The van der Waals surface area contributed by atoms with Gasteiger partial charge in [-0.15, -0.1) is 11.3 Å². The number of nitrogens with zero attached hydrogens (tertiary/aromatic N) is 1. The summed E-state index contributed by atoms with van der Waals surface area (Å²) >= 11 is 1.51. The number of carbonyl (C=O) groups is 2. The Hall–Kier alpha value is -3.00. The van der Waals surface area contributed by atoms with E-state index in [1.165, 1.54) is 16.9 Å². The molecule has 3 aromatic rings. The molecular weight excluding hydrogens is 570 g/mol. The van der Waals surface area contributed by atoms with Crippen LogP contribution in [-0.2, 0) is 11.2 Å². The van der Waals surface area contributed by atoms with E-state index in [-0.39, 0.29) is 24.9 Å². The summed E-state index contributed by atoms with van der Waals surface area (Å²) in [6.45, 7) is 9.07. The Balaban J connectivity index is 1.61. The summed E-state index contributed by atoms with van der Waals surface area (Å²) in [4.78, 5) is 29.7. The van der Waals surface area contributed by atoms with Gasteiger partial charge in [0.15, 0.2) is 0 Å². The molecule has 2 aromatic carbocycles. The number of ether oxygens (including phenoxy) is 1. The number of allylic oxidation sites excluding steroid dienone is 2. The minimum Gasteiger partial charge on any atom is -0.450 e. The molecule has 1 saturated carbocycles. The molecule has 236 valence electrons. The molecule has 3 aliphatic rings. The van der Waals surface area contributed by atoms with Gasteiger partial charge in [0.2, 0.25) is 5.78 Å². The van der Waals surface area contributed by atoms with Crippen molar-refractivity contribution in [2.75, 3.05) is 19.7 Å². The number of thiophene rings is 1. The van der Waals surface area contributed by atoms with Crippen molar-refractivity contribution in [1.82, 2.24) is 4.90 Å². The maximum atomic E-state index is 14.4. The summed E-state index contributed by atoms with van der Waals surface area (Å²) in [6.07, 6.45) is 6.74. The van der Waals surface area contributed by atoms with Crippen molar-refractivity contribution in [2.24, 2.45) is 5.41 Å². The lowest BCUT2D eigenvalue weighted by atomic mass is 9.64. The number of aliphatic hydroxyl groups excluding tert-OH is 1. The SMILES string of the molecule is CCCN(CC1(O)CCC2c3ccc(cc3C(=O)c3cc4ccccc4s3)CC(O)CCC(C)=CCCC21C)C(=O)OCC. The highest BCUT2D eigenvalue weighted by Crippen LogP contribution is 2.59. The fourth-order valence-corrected chi connectivity index (χ4v) is 8.48. The van der Waals surface area contributed by atoms with E-state index in [2.05, 4.69) is 32.1 Å². The number of amides is 1. The van der Waals surface area contributed by atoms with Gasteiger partial charge in [0, 0.05) is 22.2 Å². The molecule has 1 amide bonds. The van der Waals surface area contributed by atoms with Crippen LogP contribution in [0.15, 0.2) is 60.2 Å². The minimum absolute atomic E-state index is 0.0164. The maximum Gasteiger partial charge on any atom is 0.409 e. The van der Waals surface area contributed by atoms with Gasteiger partial charge < -0.3 is 19.8 Å². The summed E-state index contributed by atoms with van der Waals surface area (Å²) in [6, 6.07) is 16.1. The monoisotopic (exact) mass is 617 g/mol. The molecule has 1 fully saturated rings. The third-order valence-electron chi connectivity index (χ3n) is 10.0. The van der Waals surface area contributed by atoms with Crippen LogP contribution in [0.1, 0.15) is 105 Å². The van der Waals surface area contributed by atoms with E-state index in [1.54, 1.807) is 11.8 Å². The van der Waals surface area contributed by atoms with Crippen LogP contribution in [0.25, 0.3) is 10.1 Å². The van der Waals surface area contributed by atoms with E-state index >= 15 is 0 Å². The van der Waals surface area contributed by atoms with Crippen LogP contribution >= 0.6 is 11.3 Å². The van der Waals surface area contributed by atoms with Crippen molar-refractivity contribution >= 4 is 33.3 Å². The Kier molecular flexibility index (Phi) is 9.98. The molecule has 0 aliphatic heterocycles. The Bertz CT molecular complexity index is 1490. The average molecular weight is 618 g/mol. The van der Waals surface area contributed by atoms with Crippen LogP contribution in [0.3, 0.4) is 0 Å². The molecular formula is C37H47NO5S. The Labute approximate surface area is 265 Å². The van der Waals surface area contributed by atoms with E-state index in [0.717, 1.165) is 40.5 Å². The molecule has 1 aromatic heterocycles. The van der Waals surface area contributed by atoms with Crippen LogP contribution in [0, 0.1) is 5.41 Å². The Morgan fingerprint density at radius 3 is 2.64 bits per heavy atom. The van der Waals surface area contributed by atoms with Gasteiger partial charge in [0.05, 0.1) is 29.7 Å². The summed E-state index contributed by atoms with van der Waals surface area (Å²) in [5.41, 5.74) is 2.00. The van der Waals surface area contributed by atoms with Crippen molar-refractivity contribution in [1.29, 1.82) is 0 Å². The molecule has 44 heavy (non-hydrogen) atoms. The zero-order chi connectivity index (χ0) is 31.5. The van der Waals surface area contributed by atoms with Gasteiger partial charge in [0.1, 0.15) is 0 Å². The molecule has 0 spiro atoms. The highest BCUT2D eigenvalue weighted by molar-refractivity contribution is 7.21. The quantitative estimate of drug-likeness (QED) is 0.207. The van der Waals surface area contributed by atoms with E-state index in [9.17, 15) is 19.8 Å². The zero-order valence-electron chi connectivity index (χ0n) is 26.6. The number of hydrogen-bond acceptors (Lipinski definition) is 6. The zero-order valence-corrected chi connectivity index (χ0v) is 27.4. The molecule has 2 N–H and O–H groups in total. The number of benzene rings is 2. The van der Waals surface area contributed by atoms with Crippen molar-refractivity contribution < 1.29 is 24.5 Å². The third kappa shape index (κ3) is 6.51. The van der Waals surface area contributed by atoms with E-state index < -0.39 is 23.2 Å². The van der Waals surface area contributed by atoms with E-state index in [0.29, 0.717) is 49.1 Å². The van der Waals surface area contributed by atoms with Gasteiger partial charge in [-0.3, -0.25) is 4.79 Å². The van der Waals surface area contributed by atoms with Crippen LogP contribution in [0.4, 0.5) is 4.79 Å². The number of fused-ring (bicyclic) bond motifs is 9. The van der Waals surface area contributed by atoms with Crippen molar-refractivity contribution in [3.8, 4) is 0 Å². The van der Waals surface area contributed by atoms with Gasteiger partial charge in [-0.1, -0.05) is 55.8 Å². The van der Waals surface area contributed by atoms with Crippen LogP contribution in [0.5, 0.6) is 0 Å². The van der Waals surface area contributed by atoms with Gasteiger partial charge in [0.25, 0.3) is 0 Å². The molecule has 2 bridgehead atoms. The van der Waals surface area contributed by atoms with Crippen molar-refractivity contribution in [2.45, 2.75) is 96.7 Å². The molecule has 7 heteroatoms. The number of carbonyl (C=O) groups excluding carboxylic acids is 2. The molecule has 1 heterocycles.